The second-order valence-electron chi connectivity index (χ2n) is 4.39. The molecule has 0 aromatic heterocycles. The molecule has 1 aliphatic rings. The third-order valence-corrected chi connectivity index (χ3v) is 2.92. The highest BCUT2D eigenvalue weighted by Gasteiger charge is 2.16. The van der Waals surface area contributed by atoms with Gasteiger partial charge in [0.1, 0.15) is 0 Å². The lowest BCUT2D eigenvalue weighted by atomic mass is 10.2. The van der Waals surface area contributed by atoms with Crippen molar-refractivity contribution in [3.8, 4) is 0 Å². The first-order valence-corrected chi connectivity index (χ1v) is 6.31. The quantitative estimate of drug-likeness (QED) is 0.416. The molecule has 0 aliphatic carbocycles. The number of methoxy groups -OCH3 is 1. The summed E-state index contributed by atoms with van der Waals surface area (Å²) in [6.07, 6.45) is 2.47. The number of carbonyl (C=O) groups is 1. The normalized spacial score (nSPS) is 21.5. The average molecular weight is 257 g/mol. The van der Waals surface area contributed by atoms with E-state index >= 15 is 0 Å². The maximum atomic E-state index is 11.2. The summed E-state index contributed by atoms with van der Waals surface area (Å²) in [6, 6.07) is 0. The van der Waals surface area contributed by atoms with Gasteiger partial charge in [-0.1, -0.05) is 6.92 Å². The summed E-state index contributed by atoms with van der Waals surface area (Å²) in [6.45, 7) is 3.90. The molecule has 6 nitrogen and oxygen atoms in total. The second-order valence-corrected chi connectivity index (χ2v) is 4.39. The zero-order valence-corrected chi connectivity index (χ0v) is 11.4. The lowest BCUT2D eigenvalue weighted by molar-refractivity contribution is -0.144. The topological polar surface area (TPSA) is 72.0 Å². The Hall–Kier alpha value is -1.30. The Balaban J connectivity index is 2.22. The fourth-order valence-corrected chi connectivity index (χ4v) is 1.77. The minimum atomic E-state index is -0.225. The molecule has 2 N–H and O–H groups in total. The van der Waals surface area contributed by atoms with Crippen LogP contribution in [-0.2, 0) is 14.3 Å². The molecule has 0 amide bonds. The number of hydrogen-bond acceptors (Lipinski definition) is 4. The van der Waals surface area contributed by atoms with Crippen LogP contribution in [0.25, 0.3) is 0 Å². The molecule has 104 valence electrons. The number of rotatable bonds is 5. The Kier molecular flexibility index (Phi) is 6.49. The number of guanidine groups is 1. The fraction of sp³-hybridized carbons (Fsp3) is 0.833. The van der Waals surface area contributed by atoms with Crippen LogP contribution in [0, 0.1) is 5.92 Å². The molecule has 1 aliphatic heterocycles. The summed E-state index contributed by atoms with van der Waals surface area (Å²) in [5.74, 6) is 0.259. The highest BCUT2D eigenvalue weighted by molar-refractivity contribution is 5.80. The van der Waals surface area contributed by atoms with Crippen LogP contribution in [-0.4, -0.2) is 51.9 Å². The van der Waals surface area contributed by atoms with Gasteiger partial charge in [-0.25, -0.2) is 0 Å². The standard InChI is InChI=1S/C12H23N3O3/c1-9(11(16)17-3)7-14-12(13-2)15-8-10-5-4-6-18-10/h9-10H,4-8H2,1-3H3,(H2,13,14,15). The van der Waals surface area contributed by atoms with Crippen molar-refractivity contribution in [1.29, 1.82) is 0 Å². The molecule has 6 heteroatoms. The van der Waals surface area contributed by atoms with E-state index in [1.807, 2.05) is 6.92 Å². The molecule has 18 heavy (non-hydrogen) atoms. The third kappa shape index (κ3) is 4.91. The van der Waals surface area contributed by atoms with E-state index in [1.165, 1.54) is 7.11 Å². The summed E-state index contributed by atoms with van der Waals surface area (Å²) < 4.78 is 10.2. The number of carbonyl (C=O) groups excluding carboxylic acids is 1. The lowest BCUT2D eigenvalue weighted by Crippen LogP contribution is -2.43. The van der Waals surface area contributed by atoms with Crippen molar-refractivity contribution in [2.75, 3.05) is 33.9 Å². The number of nitrogens with zero attached hydrogens (tertiary/aromatic N) is 1. The van der Waals surface area contributed by atoms with Crippen molar-refractivity contribution < 1.29 is 14.3 Å². The second kappa shape index (κ2) is 7.92. The number of hydrogen-bond donors (Lipinski definition) is 2. The van der Waals surface area contributed by atoms with Gasteiger partial charge in [-0.15, -0.1) is 0 Å². The molecule has 1 rings (SSSR count). The van der Waals surface area contributed by atoms with Gasteiger partial charge in [0.15, 0.2) is 5.96 Å². The van der Waals surface area contributed by atoms with E-state index in [9.17, 15) is 4.79 Å². The van der Waals surface area contributed by atoms with E-state index in [-0.39, 0.29) is 18.0 Å². The molecule has 0 radical (unpaired) electrons. The predicted octanol–water partition coefficient (Wildman–Crippen LogP) is 0.140. The molecule has 0 aromatic carbocycles. The maximum absolute atomic E-state index is 11.2. The van der Waals surface area contributed by atoms with Crippen LogP contribution in [0.15, 0.2) is 4.99 Å². The smallest absolute Gasteiger partial charge is 0.310 e. The van der Waals surface area contributed by atoms with E-state index in [0.717, 1.165) is 26.0 Å². The van der Waals surface area contributed by atoms with Gasteiger partial charge in [0.25, 0.3) is 0 Å². The van der Waals surface area contributed by atoms with Gasteiger partial charge < -0.3 is 20.1 Å². The molecule has 1 saturated heterocycles. The van der Waals surface area contributed by atoms with E-state index < -0.39 is 0 Å². The van der Waals surface area contributed by atoms with Crippen LogP contribution < -0.4 is 10.6 Å². The van der Waals surface area contributed by atoms with Gasteiger partial charge in [0.2, 0.25) is 0 Å². The fourth-order valence-electron chi connectivity index (χ4n) is 1.77. The minimum absolute atomic E-state index is 0.198. The molecule has 0 spiro atoms. The molecule has 0 bridgehead atoms. The lowest BCUT2D eigenvalue weighted by Gasteiger charge is -2.16. The highest BCUT2D eigenvalue weighted by Crippen LogP contribution is 2.10. The van der Waals surface area contributed by atoms with Crippen LogP contribution in [0.3, 0.4) is 0 Å². The number of nitrogens with one attached hydrogen (secondary N) is 2. The zero-order valence-electron chi connectivity index (χ0n) is 11.4. The van der Waals surface area contributed by atoms with Gasteiger partial charge in [0.05, 0.1) is 19.1 Å². The van der Waals surface area contributed by atoms with Crippen LogP contribution >= 0.6 is 0 Å². The van der Waals surface area contributed by atoms with Gasteiger partial charge >= 0.3 is 5.97 Å². The Labute approximate surface area is 108 Å². The van der Waals surface area contributed by atoms with E-state index in [4.69, 9.17) is 4.74 Å². The molecule has 0 saturated carbocycles. The van der Waals surface area contributed by atoms with Gasteiger partial charge in [-0.05, 0) is 12.8 Å². The minimum Gasteiger partial charge on any atom is -0.469 e. The van der Waals surface area contributed by atoms with Gasteiger partial charge in [-0.2, -0.15) is 0 Å². The SMILES string of the molecule is CN=C(NCC1CCCO1)NCC(C)C(=O)OC. The van der Waals surface area contributed by atoms with Crippen molar-refractivity contribution in [3.05, 3.63) is 0 Å². The Morgan fingerprint density at radius 2 is 2.33 bits per heavy atom. The zero-order chi connectivity index (χ0) is 13.4. The average Bonchev–Trinajstić information content (AvgIpc) is 2.90. The summed E-state index contributed by atoms with van der Waals surface area (Å²) in [4.78, 5) is 15.3. The number of aliphatic imine (C=N–C) groups is 1. The summed E-state index contributed by atoms with van der Waals surface area (Å²) >= 11 is 0. The highest BCUT2D eigenvalue weighted by atomic mass is 16.5. The Bertz CT molecular complexity index is 288. The first-order valence-electron chi connectivity index (χ1n) is 6.31. The third-order valence-electron chi connectivity index (χ3n) is 2.92. The molecule has 1 heterocycles. The Morgan fingerprint density at radius 1 is 1.56 bits per heavy atom. The molecular formula is C12H23N3O3. The monoisotopic (exact) mass is 257 g/mol. The van der Waals surface area contributed by atoms with Crippen molar-refractivity contribution in [2.24, 2.45) is 10.9 Å². The van der Waals surface area contributed by atoms with E-state index in [2.05, 4.69) is 20.4 Å². The van der Waals surface area contributed by atoms with E-state index in [1.54, 1.807) is 7.05 Å². The van der Waals surface area contributed by atoms with Crippen LogP contribution in [0.1, 0.15) is 19.8 Å². The largest absolute Gasteiger partial charge is 0.469 e. The molecule has 1 fully saturated rings. The first-order chi connectivity index (χ1) is 8.67. The predicted molar refractivity (Wildman–Crippen MR) is 69.5 cm³/mol. The van der Waals surface area contributed by atoms with Crippen molar-refractivity contribution in [2.45, 2.75) is 25.9 Å². The van der Waals surface area contributed by atoms with Gasteiger partial charge in [-0.3, -0.25) is 9.79 Å². The first kappa shape index (κ1) is 14.8. The van der Waals surface area contributed by atoms with Crippen LogP contribution in [0.4, 0.5) is 0 Å². The van der Waals surface area contributed by atoms with Crippen LogP contribution in [0.5, 0.6) is 0 Å². The molecule has 2 unspecified atom stereocenters. The number of ether oxygens (including phenoxy) is 2. The summed E-state index contributed by atoms with van der Waals surface area (Å²) in [5, 5.41) is 6.28. The Morgan fingerprint density at radius 3 is 2.89 bits per heavy atom. The maximum Gasteiger partial charge on any atom is 0.310 e. The van der Waals surface area contributed by atoms with Crippen molar-refractivity contribution in [1.82, 2.24) is 10.6 Å². The molecule has 0 aromatic rings. The molecular weight excluding hydrogens is 234 g/mol. The summed E-state index contributed by atoms with van der Waals surface area (Å²) in [5.41, 5.74) is 0. The number of esters is 1. The van der Waals surface area contributed by atoms with Gasteiger partial charge in [0, 0.05) is 26.7 Å². The van der Waals surface area contributed by atoms with E-state index in [0.29, 0.717) is 12.5 Å². The molecule has 2 atom stereocenters. The summed E-state index contributed by atoms with van der Waals surface area (Å²) in [7, 11) is 3.09. The van der Waals surface area contributed by atoms with Crippen LogP contribution in [0.2, 0.25) is 0 Å². The van der Waals surface area contributed by atoms with Crippen molar-refractivity contribution in [3.63, 3.8) is 0 Å². The van der Waals surface area contributed by atoms with Crippen molar-refractivity contribution >= 4 is 11.9 Å².